The van der Waals surface area contributed by atoms with Crippen LogP contribution in [0.25, 0.3) is 0 Å². The molecule has 3 heterocycles. The molecule has 7 nitrogen and oxygen atoms in total. The van der Waals surface area contributed by atoms with Gasteiger partial charge in [-0.2, -0.15) is 5.10 Å². The molecule has 1 aromatic rings. The minimum absolute atomic E-state index is 0.0364. The van der Waals surface area contributed by atoms with Crippen LogP contribution in [0.3, 0.4) is 0 Å². The summed E-state index contributed by atoms with van der Waals surface area (Å²) >= 11 is 0. The van der Waals surface area contributed by atoms with E-state index in [0.29, 0.717) is 6.61 Å². The van der Waals surface area contributed by atoms with Gasteiger partial charge in [0.15, 0.2) is 5.82 Å². The molecule has 1 fully saturated rings. The standard InChI is InChI=1S/C15H26N4O3S/c1-11(2)14-16-15-13(7-5-8-19(15)17-14)18-23(20,21)10-12-6-3-4-9-22-12/h11-13,18H,3-10H2,1-2H3/t12-,13-/m1/s1. The Labute approximate surface area is 137 Å². The highest BCUT2D eigenvalue weighted by Gasteiger charge is 2.30. The second-order valence-corrected chi connectivity index (χ2v) is 8.59. The van der Waals surface area contributed by atoms with E-state index in [1.165, 1.54) is 0 Å². The van der Waals surface area contributed by atoms with Crippen LogP contribution in [-0.4, -0.2) is 41.6 Å². The van der Waals surface area contributed by atoms with Crippen LogP contribution >= 0.6 is 0 Å². The average molecular weight is 342 g/mol. The number of sulfonamides is 1. The van der Waals surface area contributed by atoms with Crippen molar-refractivity contribution in [3.8, 4) is 0 Å². The number of aromatic nitrogens is 3. The number of hydrogen-bond acceptors (Lipinski definition) is 5. The lowest BCUT2D eigenvalue weighted by Gasteiger charge is -2.26. The molecule has 2 aliphatic heterocycles. The first-order chi connectivity index (χ1) is 10.9. The smallest absolute Gasteiger partial charge is 0.214 e. The van der Waals surface area contributed by atoms with E-state index in [1.54, 1.807) is 0 Å². The maximum atomic E-state index is 12.5. The summed E-state index contributed by atoms with van der Waals surface area (Å²) in [5.41, 5.74) is 0. The number of nitrogens with one attached hydrogen (secondary N) is 1. The molecule has 0 aromatic carbocycles. The van der Waals surface area contributed by atoms with Crippen LogP contribution in [0.15, 0.2) is 0 Å². The average Bonchev–Trinajstić information content (AvgIpc) is 2.93. The van der Waals surface area contributed by atoms with Gasteiger partial charge in [-0.1, -0.05) is 13.8 Å². The first-order valence-corrected chi connectivity index (χ1v) is 10.2. The zero-order valence-electron chi connectivity index (χ0n) is 13.9. The second-order valence-electron chi connectivity index (χ2n) is 6.79. The van der Waals surface area contributed by atoms with Gasteiger partial charge in [0.2, 0.25) is 10.0 Å². The summed E-state index contributed by atoms with van der Waals surface area (Å²) in [5, 5.41) is 4.49. The molecule has 0 unspecified atom stereocenters. The summed E-state index contributed by atoms with van der Waals surface area (Å²) in [7, 11) is -3.39. The van der Waals surface area contributed by atoms with Gasteiger partial charge < -0.3 is 4.74 Å². The molecular formula is C15H26N4O3S. The minimum atomic E-state index is -3.39. The number of nitrogens with zero attached hydrogens (tertiary/aromatic N) is 3. The van der Waals surface area contributed by atoms with E-state index in [-0.39, 0.29) is 23.8 Å². The van der Waals surface area contributed by atoms with E-state index < -0.39 is 10.0 Å². The third-order valence-corrected chi connectivity index (χ3v) is 5.86. The highest BCUT2D eigenvalue weighted by atomic mass is 32.2. The summed E-state index contributed by atoms with van der Waals surface area (Å²) in [4.78, 5) is 4.56. The molecule has 1 aromatic heterocycles. The Morgan fingerprint density at radius 3 is 2.83 bits per heavy atom. The lowest BCUT2D eigenvalue weighted by atomic mass is 10.1. The van der Waals surface area contributed by atoms with E-state index in [9.17, 15) is 8.42 Å². The van der Waals surface area contributed by atoms with Crippen molar-refractivity contribution in [3.63, 3.8) is 0 Å². The first-order valence-electron chi connectivity index (χ1n) is 8.51. The van der Waals surface area contributed by atoms with Gasteiger partial charge in [-0.05, 0) is 32.1 Å². The van der Waals surface area contributed by atoms with Crippen LogP contribution in [0, 0.1) is 0 Å². The molecule has 3 rings (SSSR count). The molecule has 0 bridgehead atoms. The Hall–Kier alpha value is -0.990. The summed E-state index contributed by atoms with van der Waals surface area (Å²) in [6.07, 6.45) is 4.36. The highest BCUT2D eigenvalue weighted by molar-refractivity contribution is 7.89. The quantitative estimate of drug-likeness (QED) is 0.880. The molecular weight excluding hydrogens is 316 g/mol. The number of hydrogen-bond donors (Lipinski definition) is 1. The molecule has 130 valence electrons. The van der Waals surface area contributed by atoms with E-state index >= 15 is 0 Å². The van der Waals surface area contributed by atoms with Gasteiger partial charge in [0.05, 0.1) is 17.9 Å². The minimum Gasteiger partial charge on any atom is -0.377 e. The van der Waals surface area contributed by atoms with Crippen molar-refractivity contribution in [2.24, 2.45) is 0 Å². The van der Waals surface area contributed by atoms with Crippen molar-refractivity contribution in [2.75, 3.05) is 12.4 Å². The van der Waals surface area contributed by atoms with Crippen LogP contribution in [0.2, 0.25) is 0 Å². The fourth-order valence-electron chi connectivity index (χ4n) is 3.17. The number of rotatable bonds is 5. The van der Waals surface area contributed by atoms with Crippen LogP contribution in [0.1, 0.15) is 69.6 Å². The summed E-state index contributed by atoms with van der Waals surface area (Å²) < 4.78 is 35.2. The molecule has 8 heteroatoms. The summed E-state index contributed by atoms with van der Waals surface area (Å²) in [6.45, 7) is 5.55. The Bertz CT molecular complexity index is 635. The van der Waals surface area contributed by atoms with Crippen molar-refractivity contribution < 1.29 is 13.2 Å². The van der Waals surface area contributed by atoms with Gasteiger partial charge in [0.25, 0.3) is 0 Å². The third kappa shape index (κ3) is 4.10. The maximum absolute atomic E-state index is 12.5. The maximum Gasteiger partial charge on any atom is 0.214 e. The predicted octanol–water partition coefficient (Wildman–Crippen LogP) is 1.72. The summed E-state index contributed by atoms with van der Waals surface area (Å²) in [5.74, 6) is 1.80. The van der Waals surface area contributed by atoms with Crippen molar-refractivity contribution in [1.82, 2.24) is 19.5 Å². The van der Waals surface area contributed by atoms with E-state index in [2.05, 4.69) is 14.8 Å². The van der Waals surface area contributed by atoms with Gasteiger partial charge in [-0.15, -0.1) is 0 Å². The van der Waals surface area contributed by atoms with E-state index in [0.717, 1.165) is 50.3 Å². The Morgan fingerprint density at radius 2 is 2.13 bits per heavy atom. The van der Waals surface area contributed by atoms with Gasteiger partial charge in [0.1, 0.15) is 5.82 Å². The number of aryl methyl sites for hydroxylation is 1. The zero-order chi connectivity index (χ0) is 16.4. The molecule has 0 saturated carbocycles. The fourth-order valence-corrected chi connectivity index (χ4v) is 4.68. The number of ether oxygens (including phenoxy) is 1. The lowest BCUT2D eigenvalue weighted by molar-refractivity contribution is 0.0303. The summed E-state index contributed by atoms with van der Waals surface area (Å²) in [6, 6.07) is -0.280. The van der Waals surface area contributed by atoms with Crippen molar-refractivity contribution >= 4 is 10.0 Å². The number of fused-ring (bicyclic) bond motifs is 1. The van der Waals surface area contributed by atoms with Crippen LogP contribution in [0.5, 0.6) is 0 Å². The topological polar surface area (TPSA) is 86.1 Å². The molecule has 1 N–H and O–H groups in total. The monoisotopic (exact) mass is 342 g/mol. The van der Waals surface area contributed by atoms with Gasteiger partial charge >= 0.3 is 0 Å². The highest BCUT2D eigenvalue weighted by Crippen LogP contribution is 2.26. The van der Waals surface area contributed by atoms with Crippen molar-refractivity contribution in [1.29, 1.82) is 0 Å². The van der Waals surface area contributed by atoms with Gasteiger partial charge in [-0.3, -0.25) is 0 Å². The Balaban J connectivity index is 1.70. The molecule has 1 saturated heterocycles. The molecule has 23 heavy (non-hydrogen) atoms. The first kappa shape index (κ1) is 16.9. The van der Waals surface area contributed by atoms with E-state index in [4.69, 9.17) is 4.74 Å². The largest absolute Gasteiger partial charge is 0.377 e. The normalized spacial score (nSPS) is 25.5. The molecule has 0 spiro atoms. The molecule has 0 radical (unpaired) electrons. The SMILES string of the molecule is CC(C)c1nc2n(n1)CCC[C@H]2NS(=O)(=O)C[C@H]1CCCCO1. The van der Waals surface area contributed by atoms with Crippen LogP contribution < -0.4 is 4.72 Å². The Morgan fingerprint density at radius 1 is 1.30 bits per heavy atom. The van der Waals surface area contributed by atoms with Gasteiger partial charge in [0, 0.05) is 19.1 Å². The molecule has 0 amide bonds. The van der Waals surface area contributed by atoms with E-state index in [1.807, 2.05) is 18.5 Å². The lowest BCUT2D eigenvalue weighted by Crippen LogP contribution is -2.39. The van der Waals surface area contributed by atoms with Crippen molar-refractivity contribution in [2.45, 2.75) is 70.6 Å². The zero-order valence-corrected chi connectivity index (χ0v) is 14.7. The predicted molar refractivity (Wildman–Crippen MR) is 86.6 cm³/mol. The van der Waals surface area contributed by atoms with Gasteiger partial charge in [-0.25, -0.2) is 22.8 Å². The second kappa shape index (κ2) is 6.86. The van der Waals surface area contributed by atoms with Crippen molar-refractivity contribution in [3.05, 3.63) is 11.6 Å². The third-order valence-electron chi connectivity index (χ3n) is 4.41. The molecule has 0 aliphatic carbocycles. The van der Waals surface area contributed by atoms with Crippen LogP contribution in [0.4, 0.5) is 0 Å². The molecule has 2 atom stereocenters. The Kier molecular flexibility index (Phi) is 5.03. The fraction of sp³-hybridized carbons (Fsp3) is 0.867. The molecule has 2 aliphatic rings. The van der Waals surface area contributed by atoms with Crippen LogP contribution in [-0.2, 0) is 21.3 Å².